The van der Waals surface area contributed by atoms with Crippen molar-refractivity contribution in [1.82, 2.24) is 15.2 Å². The molecule has 0 saturated heterocycles. The summed E-state index contributed by atoms with van der Waals surface area (Å²) in [5.41, 5.74) is 2.64. The van der Waals surface area contributed by atoms with E-state index >= 15 is 0 Å². The maximum Gasteiger partial charge on any atom is 0.247 e. The van der Waals surface area contributed by atoms with Crippen LogP contribution in [-0.4, -0.2) is 20.9 Å². The van der Waals surface area contributed by atoms with E-state index in [1.807, 2.05) is 24.3 Å². The monoisotopic (exact) mass is 426 g/mol. The van der Waals surface area contributed by atoms with Gasteiger partial charge in [0.25, 0.3) is 0 Å². The molecular weight excluding hydrogens is 400 g/mol. The number of nitrogens with zero attached hydrogens (tertiary/aromatic N) is 3. The topological polar surface area (TPSA) is 59.9 Å². The number of anilines is 1. The third kappa shape index (κ3) is 4.90. The van der Waals surface area contributed by atoms with Gasteiger partial charge in [0.05, 0.1) is 4.88 Å². The highest BCUT2D eigenvalue weighted by Crippen LogP contribution is 2.40. The molecule has 1 N–H and O–H groups in total. The summed E-state index contributed by atoms with van der Waals surface area (Å²) in [4.78, 5) is 7.09. The van der Waals surface area contributed by atoms with Crippen molar-refractivity contribution >= 4 is 28.8 Å². The molecule has 3 heterocycles. The Balaban J connectivity index is 1.56. The quantitative estimate of drug-likeness (QED) is 0.329. The molecule has 152 valence electrons. The lowest BCUT2D eigenvalue weighted by Crippen LogP contribution is -2.15. The zero-order chi connectivity index (χ0) is 20.1. The van der Waals surface area contributed by atoms with Crippen molar-refractivity contribution in [2.24, 2.45) is 0 Å². The molecule has 3 aromatic rings. The average Bonchev–Trinajstić information content (AvgIpc) is 3.09. The number of aryl methyl sites for hydroxylation is 1. The van der Waals surface area contributed by atoms with Crippen LogP contribution in [0.3, 0.4) is 0 Å². The Morgan fingerprint density at radius 2 is 1.93 bits per heavy atom. The number of para-hydroxylation sites is 1. The lowest BCUT2D eigenvalue weighted by atomic mass is 10.1. The number of aromatic nitrogens is 3. The predicted molar refractivity (Wildman–Crippen MR) is 121 cm³/mol. The van der Waals surface area contributed by atoms with E-state index in [-0.39, 0.29) is 6.23 Å². The normalized spacial score (nSPS) is 15.0. The number of benzene rings is 1. The first kappa shape index (κ1) is 20.2. The number of hydrogen-bond acceptors (Lipinski definition) is 7. The van der Waals surface area contributed by atoms with Crippen LogP contribution >= 0.6 is 23.1 Å². The van der Waals surface area contributed by atoms with Crippen molar-refractivity contribution in [2.45, 2.75) is 57.3 Å². The van der Waals surface area contributed by atoms with Crippen molar-refractivity contribution in [2.75, 3.05) is 11.1 Å². The second-order valence-electron chi connectivity index (χ2n) is 7.15. The Morgan fingerprint density at radius 3 is 2.76 bits per heavy atom. The van der Waals surface area contributed by atoms with Gasteiger partial charge in [0.2, 0.25) is 17.3 Å². The molecule has 0 spiro atoms. The highest BCUT2D eigenvalue weighted by Gasteiger charge is 2.26. The minimum atomic E-state index is -0.292. The Kier molecular flexibility index (Phi) is 6.67. The average molecular weight is 427 g/mol. The van der Waals surface area contributed by atoms with Crippen LogP contribution in [0.2, 0.25) is 0 Å². The maximum absolute atomic E-state index is 6.31. The van der Waals surface area contributed by atoms with Crippen LogP contribution in [0.25, 0.3) is 11.3 Å². The molecule has 1 unspecified atom stereocenters. The summed E-state index contributed by atoms with van der Waals surface area (Å²) in [6.07, 6.45) is 6.02. The van der Waals surface area contributed by atoms with E-state index in [0.29, 0.717) is 16.7 Å². The summed E-state index contributed by atoms with van der Waals surface area (Å²) >= 11 is 3.38. The van der Waals surface area contributed by atoms with Crippen LogP contribution in [0.15, 0.2) is 41.6 Å². The molecule has 5 nitrogen and oxygen atoms in total. The Bertz CT molecular complexity index is 959. The number of ether oxygens (including phenoxy) is 1. The zero-order valence-electron chi connectivity index (χ0n) is 16.9. The standard InChI is InChI=1S/C22H26N4OS2/c1-3-4-5-6-9-14-28-22-24-21-19(25-26-22)16-10-7-8-11-17(16)23-20(27-21)18-13-12-15(2)29-18/h7-8,10-13,20,23H,3-6,9,14H2,1-2H3. The first-order chi connectivity index (χ1) is 14.2. The van der Waals surface area contributed by atoms with E-state index in [1.165, 1.54) is 37.0 Å². The highest BCUT2D eigenvalue weighted by molar-refractivity contribution is 7.99. The third-order valence-corrected chi connectivity index (χ3v) is 6.80. The van der Waals surface area contributed by atoms with Gasteiger partial charge in [0.15, 0.2) is 5.69 Å². The van der Waals surface area contributed by atoms with E-state index in [2.05, 4.69) is 41.5 Å². The van der Waals surface area contributed by atoms with Gasteiger partial charge >= 0.3 is 0 Å². The number of thiophene rings is 1. The molecular formula is C22H26N4OS2. The van der Waals surface area contributed by atoms with Gasteiger partial charge in [-0.1, -0.05) is 62.6 Å². The molecule has 0 aliphatic carbocycles. The molecule has 2 aromatic heterocycles. The van der Waals surface area contributed by atoms with Gasteiger partial charge < -0.3 is 10.1 Å². The summed E-state index contributed by atoms with van der Waals surface area (Å²) in [6.45, 7) is 4.34. The second kappa shape index (κ2) is 9.59. The fourth-order valence-corrected chi connectivity index (χ4v) is 4.94. The first-order valence-corrected chi connectivity index (χ1v) is 12.0. The van der Waals surface area contributed by atoms with Gasteiger partial charge in [0, 0.05) is 21.9 Å². The zero-order valence-corrected chi connectivity index (χ0v) is 18.5. The van der Waals surface area contributed by atoms with Gasteiger partial charge in [0.1, 0.15) is 0 Å². The lowest BCUT2D eigenvalue weighted by Gasteiger charge is -2.17. The Morgan fingerprint density at radius 1 is 1.07 bits per heavy atom. The van der Waals surface area contributed by atoms with Gasteiger partial charge in [-0.2, -0.15) is 4.98 Å². The van der Waals surface area contributed by atoms with Gasteiger partial charge in [-0.25, -0.2) is 0 Å². The van der Waals surface area contributed by atoms with Crippen LogP contribution < -0.4 is 10.1 Å². The maximum atomic E-state index is 6.31. The van der Waals surface area contributed by atoms with Gasteiger partial charge in [-0.05, 0) is 31.5 Å². The molecule has 7 heteroatoms. The predicted octanol–water partition coefficient (Wildman–Crippen LogP) is 6.47. The van der Waals surface area contributed by atoms with Crippen LogP contribution in [0.1, 0.15) is 55.0 Å². The smallest absolute Gasteiger partial charge is 0.247 e. The van der Waals surface area contributed by atoms with E-state index in [9.17, 15) is 0 Å². The van der Waals surface area contributed by atoms with Crippen molar-refractivity contribution in [3.63, 3.8) is 0 Å². The van der Waals surface area contributed by atoms with Crippen molar-refractivity contribution < 1.29 is 4.74 Å². The molecule has 1 aliphatic rings. The van der Waals surface area contributed by atoms with E-state index < -0.39 is 0 Å². The minimum absolute atomic E-state index is 0.292. The van der Waals surface area contributed by atoms with Gasteiger partial charge in [-0.15, -0.1) is 21.5 Å². The first-order valence-electron chi connectivity index (χ1n) is 10.2. The molecule has 4 rings (SSSR count). The van der Waals surface area contributed by atoms with Crippen LogP contribution in [0, 0.1) is 6.92 Å². The van der Waals surface area contributed by atoms with E-state index in [1.54, 1.807) is 23.1 Å². The van der Waals surface area contributed by atoms with Crippen LogP contribution in [0.5, 0.6) is 5.88 Å². The number of nitrogens with one attached hydrogen (secondary N) is 1. The molecule has 1 aliphatic heterocycles. The van der Waals surface area contributed by atoms with Crippen molar-refractivity contribution in [3.05, 3.63) is 46.2 Å². The number of fused-ring (bicyclic) bond motifs is 3. The third-order valence-electron chi connectivity index (χ3n) is 4.83. The number of unbranched alkanes of at least 4 members (excludes halogenated alkanes) is 4. The van der Waals surface area contributed by atoms with Crippen molar-refractivity contribution in [3.8, 4) is 17.1 Å². The minimum Gasteiger partial charge on any atom is -0.447 e. The van der Waals surface area contributed by atoms with Crippen LogP contribution in [0.4, 0.5) is 5.69 Å². The highest BCUT2D eigenvalue weighted by atomic mass is 32.2. The molecule has 0 radical (unpaired) electrons. The summed E-state index contributed by atoms with van der Waals surface area (Å²) < 4.78 is 6.31. The molecule has 0 bridgehead atoms. The van der Waals surface area contributed by atoms with E-state index in [0.717, 1.165) is 21.9 Å². The number of thioether (sulfide) groups is 1. The fraction of sp³-hybridized carbons (Fsp3) is 0.409. The van der Waals surface area contributed by atoms with Crippen LogP contribution in [-0.2, 0) is 0 Å². The molecule has 1 aromatic carbocycles. The lowest BCUT2D eigenvalue weighted by molar-refractivity contribution is 0.229. The van der Waals surface area contributed by atoms with E-state index in [4.69, 9.17) is 9.72 Å². The molecule has 0 saturated carbocycles. The Hall–Kier alpha value is -2.12. The van der Waals surface area contributed by atoms with Gasteiger partial charge in [-0.3, -0.25) is 0 Å². The molecule has 29 heavy (non-hydrogen) atoms. The summed E-state index contributed by atoms with van der Waals surface area (Å²) in [5, 5.41) is 13.0. The number of rotatable bonds is 8. The molecule has 1 atom stereocenters. The summed E-state index contributed by atoms with van der Waals surface area (Å²) in [5.74, 6) is 1.55. The molecule has 0 fully saturated rings. The summed E-state index contributed by atoms with van der Waals surface area (Å²) in [6, 6.07) is 12.3. The number of hydrogen-bond donors (Lipinski definition) is 1. The summed E-state index contributed by atoms with van der Waals surface area (Å²) in [7, 11) is 0. The Labute approximate surface area is 180 Å². The second-order valence-corrected chi connectivity index (χ2v) is 9.53. The van der Waals surface area contributed by atoms with Crippen molar-refractivity contribution in [1.29, 1.82) is 0 Å². The fourth-order valence-electron chi connectivity index (χ4n) is 3.30. The largest absolute Gasteiger partial charge is 0.447 e. The molecule has 0 amide bonds. The SMILES string of the molecule is CCCCCCCSc1nnc2c(n1)OC(c1ccc(C)s1)Nc1ccccc1-2.